The Labute approximate surface area is 210 Å². The summed E-state index contributed by atoms with van der Waals surface area (Å²) < 4.78 is 7.53. The summed E-state index contributed by atoms with van der Waals surface area (Å²) in [5, 5.41) is 12.2. The molecule has 32 heavy (non-hydrogen) atoms. The van der Waals surface area contributed by atoms with Crippen LogP contribution in [0.3, 0.4) is 0 Å². The van der Waals surface area contributed by atoms with E-state index in [-0.39, 0.29) is 24.0 Å². The topological polar surface area (TPSA) is 70.8 Å². The van der Waals surface area contributed by atoms with Crippen LogP contribution in [0.5, 0.6) is 0 Å². The highest BCUT2D eigenvalue weighted by Gasteiger charge is 2.36. The van der Waals surface area contributed by atoms with Crippen LogP contribution in [-0.2, 0) is 18.3 Å². The lowest BCUT2D eigenvalue weighted by Crippen LogP contribution is -2.52. The lowest BCUT2D eigenvalue weighted by molar-refractivity contribution is 0.0387. The molecule has 3 aliphatic rings. The normalized spacial score (nSPS) is 22.4. The standard InChI is InChI=1S/C23H41N7O.HI/c1-20-26-27-21(28(20)2)18-25-22(24-11-13-29-14-16-31-17-15-29)30-12-7-10-23(19-30)8-5-3-4-6-9-23;/h3-19H2,1-2H3,(H,24,25);1H. The molecular formula is C23H42IN7O. The monoisotopic (exact) mass is 559 g/mol. The molecule has 1 aromatic rings. The molecule has 2 saturated heterocycles. The van der Waals surface area contributed by atoms with Crippen molar-refractivity contribution in [1.29, 1.82) is 0 Å². The van der Waals surface area contributed by atoms with E-state index in [1.165, 1.54) is 51.4 Å². The molecule has 182 valence electrons. The molecule has 3 fully saturated rings. The molecule has 0 amide bonds. The van der Waals surface area contributed by atoms with Crippen LogP contribution in [0.1, 0.15) is 63.0 Å². The molecule has 2 aliphatic heterocycles. The minimum atomic E-state index is 0. The van der Waals surface area contributed by atoms with Crippen LogP contribution in [-0.4, -0.2) is 83.0 Å². The Morgan fingerprint density at radius 2 is 1.75 bits per heavy atom. The van der Waals surface area contributed by atoms with E-state index >= 15 is 0 Å². The molecule has 0 aromatic carbocycles. The van der Waals surface area contributed by atoms with Crippen molar-refractivity contribution >= 4 is 29.9 Å². The zero-order valence-corrected chi connectivity index (χ0v) is 22.4. The summed E-state index contributed by atoms with van der Waals surface area (Å²) >= 11 is 0. The van der Waals surface area contributed by atoms with Gasteiger partial charge in [-0.05, 0) is 38.0 Å². The number of aryl methyl sites for hydroxylation is 1. The van der Waals surface area contributed by atoms with Crippen LogP contribution in [0.4, 0.5) is 0 Å². The van der Waals surface area contributed by atoms with E-state index in [0.29, 0.717) is 12.0 Å². The summed E-state index contributed by atoms with van der Waals surface area (Å²) in [6.07, 6.45) is 11.0. The molecule has 1 aliphatic carbocycles. The number of aliphatic imine (C=N–C) groups is 1. The Morgan fingerprint density at radius 1 is 1.03 bits per heavy atom. The molecule has 9 heteroatoms. The van der Waals surface area contributed by atoms with Crippen molar-refractivity contribution in [3.8, 4) is 0 Å². The molecule has 0 atom stereocenters. The minimum absolute atomic E-state index is 0. The fourth-order valence-electron chi connectivity index (χ4n) is 5.43. The van der Waals surface area contributed by atoms with E-state index in [1.807, 2.05) is 18.5 Å². The van der Waals surface area contributed by atoms with E-state index in [0.717, 1.165) is 70.1 Å². The Hall–Kier alpha value is -0.940. The summed E-state index contributed by atoms with van der Waals surface area (Å²) in [5.41, 5.74) is 0.489. The van der Waals surface area contributed by atoms with Crippen molar-refractivity contribution in [2.75, 3.05) is 52.5 Å². The zero-order chi connectivity index (χ0) is 21.5. The van der Waals surface area contributed by atoms with Crippen molar-refractivity contribution in [2.45, 2.75) is 64.8 Å². The van der Waals surface area contributed by atoms with Crippen LogP contribution >= 0.6 is 24.0 Å². The van der Waals surface area contributed by atoms with Gasteiger partial charge < -0.3 is 19.5 Å². The van der Waals surface area contributed by atoms with Crippen molar-refractivity contribution in [3.05, 3.63) is 11.6 Å². The van der Waals surface area contributed by atoms with Gasteiger partial charge in [0, 0.05) is 46.3 Å². The molecule has 0 unspecified atom stereocenters. The lowest BCUT2D eigenvalue weighted by atomic mass is 9.74. The second-order valence-corrected chi connectivity index (χ2v) is 9.68. The summed E-state index contributed by atoms with van der Waals surface area (Å²) in [7, 11) is 2.02. The third kappa shape index (κ3) is 6.79. The van der Waals surface area contributed by atoms with Gasteiger partial charge in [0.15, 0.2) is 11.8 Å². The molecule has 4 rings (SSSR count). The fraction of sp³-hybridized carbons (Fsp3) is 0.870. The number of guanidine groups is 1. The summed E-state index contributed by atoms with van der Waals surface area (Å²) in [4.78, 5) is 10.1. The number of halogens is 1. The highest BCUT2D eigenvalue weighted by Crippen LogP contribution is 2.42. The maximum Gasteiger partial charge on any atom is 0.194 e. The molecule has 1 aromatic heterocycles. The first-order chi connectivity index (χ1) is 15.2. The van der Waals surface area contributed by atoms with Crippen LogP contribution in [0, 0.1) is 12.3 Å². The van der Waals surface area contributed by atoms with Crippen LogP contribution in [0.25, 0.3) is 0 Å². The second-order valence-electron chi connectivity index (χ2n) is 9.68. The van der Waals surface area contributed by atoms with Crippen molar-refractivity contribution in [2.24, 2.45) is 17.5 Å². The summed E-state index contributed by atoms with van der Waals surface area (Å²) in [5.74, 6) is 2.91. The lowest BCUT2D eigenvalue weighted by Gasteiger charge is -2.44. The van der Waals surface area contributed by atoms with Crippen molar-refractivity contribution in [1.82, 2.24) is 29.9 Å². The average Bonchev–Trinajstić information content (AvgIpc) is 2.97. The third-order valence-electron chi connectivity index (χ3n) is 7.49. The predicted molar refractivity (Wildman–Crippen MR) is 138 cm³/mol. The van der Waals surface area contributed by atoms with Gasteiger partial charge in [-0.1, -0.05) is 25.7 Å². The second kappa shape index (κ2) is 12.5. The largest absolute Gasteiger partial charge is 0.379 e. The maximum absolute atomic E-state index is 5.49. The van der Waals surface area contributed by atoms with Crippen LogP contribution < -0.4 is 5.32 Å². The zero-order valence-electron chi connectivity index (χ0n) is 20.0. The SMILES string of the molecule is Cc1nnc(CN=C(NCCN2CCOCC2)N2CCCC3(CCCCCC3)C2)n1C.I. The molecule has 0 radical (unpaired) electrons. The van der Waals surface area contributed by atoms with Gasteiger partial charge in [-0.2, -0.15) is 0 Å². The predicted octanol–water partition coefficient (Wildman–Crippen LogP) is 2.96. The van der Waals surface area contributed by atoms with E-state index in [9.17, 15) is 0 Å². The third-order valence-corrected chi connectivity index (χ3v) is 7.49. The van der Waals surface area contributed by atoms with Gasteiger partial charge in [0.1, 0.15) is 12.4 Å². The number of rotatable bonds is 5. The smallest absolute Gasteiger partial charge is 0.194 e. The highest BCUT2D eigenvalue weighted by molar-refractivity contribution is 14.0. The summed E-state index contributed by atoms with van der Waals surface area (Å²) in [6, 6.07) is 0. The molecule has 1 N–H and O–H groups in total. The Morgan fingerprint density at radius 3 is 2.44 bits per heavy atom. The maximum atomic E-state index is 5.49. The molecule has 8 nitrogen and oxygen atoms in total. The van der Waals surface area contributed by atoms with Gasteiger partial charge >= 0.3 is 0 Å². The first kappa shape index (κ1) is 25.7. The number of hydrogen-bond donors (Lipinski definition) is 1. The first-order valence-electron chi connectivity index (χ1n) is 12.3. The van der Waals surface area contributed by atoms with Gasteiger partial charge in [-0.15, -0.1) is 34.2 Å². The Balaban J connectivity index is 0.00000289. The highest BCUT2D eigenvalue weighted by atomic mass is 127. The van der Waals surface area contributed by atoms with Crippen LogP contribution in [0.15, 0.2) is 4.99 Å². The van der Waals surface area contributed by atoms with Gasteiger partial charge in [0.25, 0.3) is 0 Å². The minimum Gasteiger partial charge on any atom is -0.379 e. The number of nitrogens with one attached hydrogen (secondary N) is 1. The van der Waals surface area contributed by atoms with Crippen molar-refractivity contribution < 1.29 is 4.74 Å². The molecule has 1 spiro atoms. The Bertz CT molecular complexity index is 724. The van der Waals surface area contributed by atoms with E-state index in [1.54, 1.807) is 0 Å². The number of hydrogen-bond acceptors (Lipinski definition) is 5. The van der Waals surface area contributed by atoms with Gasteiger partial charge in [-0.25, -0.2) is 4.99 Å². The van der Waals surface area contributed by atoms with Gasteiger partial charge in [0.2, 0.25) is 0 Å². The number of likely N-dealkylation sites (tertiary alicyclic amines) is 1. The van der Waals surface area contributed by atoms with Gasteiger partial charge in [0.05, 0.1) is 13.2 Å². The first-order valence-corrected chi connectivity index (χ1v) is 12.3. The molecule has 3 heterocycles. The van der Waals surface area contributed by atoms with Crippen LogP contribution in [0.2, 0.25) is 0 Å². The molecule has 0 bridgehead atoms. The average molecular weight is 560 g/mol. The molecular weight excluding hydrogens is 517 g/mol. The fourth-order valence-corrected chi connectivity index (χ4v) is 5.43. The van der Waals surface area contributed by atoms with E-state index in [4.69, 9.17) is 9.73 Å². The van der Waals surface area contributed by atoms with E-state index < -0.39 is 0 Å². The number of aromatic nitrogens is 3. The Kier molecular flexibility index (Phi) is 10.0. The van der Waals surface area contributed by atoms with E-state index in [2.05, 4.69) is 25.3 Å². The quantitative estimate of drug-likeness (QED) is 0.340. The number of piperidine rings is 1. The summed E-state index contributed by atoms with van der Waals surface area (Å²) in [6.45, 7) is 10.5. The van der Waals surface area contributed by atoms with Gasteiger partial charge in [-0.3, -0.25) is 4.90 Å². The number of morpholine rings is 1. The number of nitrogens with zero attached hydrogens (tertiary/aromatic N) is 6. The van der Waals surface area contributed by atoms with Crippen molar-refractivity contribution in [3.63, 3.8) is 0 Å². The number of ether oxygens (including phenoxy) is 1. The molecule has 1 saturated carbocycles.